The number of ether oxygens (including phenoxy) is 2. The molecule has 5 rings (SSSR count). The quantitative estimate of drug-likeness (QED) is 0.810. The molecule has 24 heavy (non-hydrogen) atoms. The average molecular weight is 323 g/mol. The molecule has 1 aliphatic carbocycles. The van der Waals surface area contributed by atoms with Gasteiger partial charge in [-0.3, -0.25) is 4.79 Å². The zero-order valence-electron chi connectivity index (χ0n) is 13.3. The third kappa shape index (κ3) is 1.72. The van der Waals surface area contributed by atoms with Crippen molar-refractivity contribution in [3.05, 3.63) is 41.0 Å². The second kappa shape index (κ2) is 4.66. The molecule has 5 nitrogen and oxygen atoms in total. The zero-order valence-corrected chi connectivity index (χ0v) is 13.3. The van der Waals surface area contributed by atoms with Crippen LogP contribution >= 0.6 is 0 Å². The molecule has 3 aliphatic rings. The van der Waals surface area contributed by atoms with Crippen LogP contribution in [0.5, 0.6) is 17.2 Å². The summed E-state index contributed by atoms with van der Waals surface area (Å²) in [5, 5.41) is 9.90. The van der Waals surface area contributed by atoms with Crippen LogP contribution in [0.25, 0.3) is 11.1 Å². The predicted molar refractivity (Wildman–Crippen MR) is 87.2 cm³/mol. The molecule has 122 valence electrons. The molecule has 1 atom stereocenters. The van der Waals surface area contributed by atoms with Gasteiger partial charge in [-0.05, 0) is 53.3 Å². The highest BCUT2D eigenvalue weighted by Gasteiger charge is 2.39. The van der Waals surface area contributed by atoms with E-state index in [2.05, 4.69) is 6.07 Å². The third-order valence-corrected chi connectivity index (χ3v) is 5.30. The van der Waals surface area contributed by atoms with E-state index in [4.69, 9.17) is 9.47 Å². The average Bonchev–Trinajstić information content (AvgIpc) is 3.02. The maximum absolute atomic E-state index is 12.1. The molecule has 0 bridgehead atoms. The highest BCUT2D eigenvalue weighted by molar-refractivity contribution is 5.85. The fraction of sp³-hybridized carbons (Fsp3) is 0.316. The molecule has 0 spiro atoms. The predicted octanol–water partition coefficient (Wildman–Crippen LogP) is 2.79. The number of carbonyl (C=O) groups excluding carboxylic acids is 1. The molecule has 0 unspecified atom stereocenters. The van der Waals surface area contributed by atoms with Gasteiger partial charge in [-0.25, -0.2) is 0 Å². The van der Waals surface area contributed by atoms with Crippen molar-refractivity contribution >= 4 is 5.91 Å². The van der Waals surface area contributed by atoms with Crippen molar-refractivity contribution in [2.24, 2.45) is 0 Å². The Morgan fingerprint density at radius 1 is 1.25 bits per heavy atom. The van der Waals surface area contributed by atoms with Gasteiger partial charge in [0.15, 0.2) is 11.5 Å². The normalized spacial score (nSPS) is 19.7. The van der Waals surface area contributed by atoms with Gasteiger partial charge in [0, 0.05) is 19.0 Å². The number of aromatic hydroxyl groups is 1. The standard InChI is InChI=1S/C19H17NO4/c1-10(21)20-5-4-11-8-16-19(24-9-23-16)18-14-3-2-13(22)6-12(14)7-15(20)17(11)18/h2-3,6,8,15,22H,4-5,7,9H2,1H3/t15-/m1/s1. The van der Waals surface area contributed by atoms with E-state index in [1.807, 2.05) is 11.0 Å². The lowest BCUT2D eigenvalue weighted by atomic mass is 9.76. The molecule has 2 aliphatic heterocycles. The van der Waals surface area contributed by atoms with Crippen LogP contribution in [-0.4, -0.2) is 29.3 Å². The van der Waals surface area contributed by atoms with Crippen LogP contribution in [0.3, 0.4) is 0 Å². The van der Waals surface area contributed by atoms with Crippen LogP contribution in [0.4, 0.5) is 0 Å². The molecule has 0 saturated heterocycles. The first kappa shape index (κ1) is 13.7. The summed E-state index contributed by atoms with van der Waals surface area (Å²) in [6.45, 7) is 2.55. The second-order valence-electron chi connectivity index (χ2n) is 6.58. The van der Waals surface area contributed by atoms with E-state index in [9.17, 15) is 9.90 Å². The summed E-state index contributed by atoms with van der Waals surface area (Å²) in [4.78, 5) is 14.1. The highest BCUT2D eigenvalue weighted by Crippen LogP contribution is 2.54. The molecular formula is C19H17NO4. The lowest BCUT2D eigenvalue weighted by Crippen LogP contribution is -2.41. The third-order valence-electron chi connectivity index (χ3n) is 5.30. The molecule has 2 aromatic carbocycles. The fourth-order valence-corrected chi connectivity index (χ4v) is 4.31. The number of benzene rings is 2. The number of phenols is 1. The largest absolute Gasteiger partial charge is 0.508 e. The van der Waals surface area contributed by atoms with E-state index in [0.717, 1.165) is 34.6 Å². The van der Waals surface area contributed by atoms with Crippen LogP contribution in [0.2, 0.25) is 0 Å². The Balaban J connectivity index is 1.83. The number of fused-ring (bicyclic) bond motifs is 4. The van der Waals surface area contributed by atoms with Crippen LogP contribution in [0.15, 0.2) is 24.3 Å². The Labute approximate surface area is 139 Å². The number of carbonyl (C=O) groups is 1. The molecule has 1 amide bonds. The molecule has 0 fully saturated rings. The summed E-state index contributed by atoms with van der Waals surface area (Å²) < 4.78 is 11.4. The number of hydrogen-bond acceptors (Lipinski definition) is 4. The minimum atomic E-state index is -0.00921. The van der Waals surface area contributed by atoms with E-state index >= 15 is 0 Å². The van der Waals surface area contributed by atoms with Gasteiger partial charge in [-0.1, -0.05) is 6.07 Å². The van der Waals surface area contributed by atoms with Gasteiger partial charge in [0.1, 0.15) is 5.75 Å². The second-order valence-corrected chi connectivity index (χ2v) is 6.58. The summed E-state index contributed by atoms with van der Waals surface area (Å²) in [5.41, 5.74) is 5.54. The van der Waals surface area contributed by atoms with E-state index in [0.29, 0.717) is 13.0 Å². The fourth-order valence-electron chi connectivity index (χ4n) is 4.31. The topological polar surface area (TPSA) is 59.0 Å². The van der Waals surface area contributed by atoms with E-state index in [1.54, 1.807) is 19.1 Å². The molecule has 5 heteroatoms. The van der Waals surface area contributed by atoms with E-state index < -0.39 is 0 Å². The number of hydrogen-bond donors (Lipinski definition) is 1. The monoisotopic (exact) mass is 323 g/mol. The van der Waals surface area contributed by atoms with Crippen molar-refractivity contribution in [2.75, 3.05) is 13.3 Å². The molecule has 2 heterocycles. The Kier molecular flexibility index (Phi) is 2.66. The summed E-state index contributed by atoms with van der Waals surface area (Å²) in [6.07, 6.45) is 1.53. The van der Waals surface area contributed by atoms with Crippen LogP contribution in [-0.2, 0) is 17.6 Å². The minimum Gasteiger partial charge on any atom is -0.508 e. The molecule has 2 aromatic rings. The van der Waals surface area contributed by atoms with Gasteiger partial charge in [0.25, 0.3) is 0 Å². The maximum Gasteiger partial charge on any atom is 0.231 e. The van der Waals surface area contributed by atoms with Gasteiger partial charge in [-0.2, -0.15) is 0 Å². The minimum absolute atomic E-state index is 0.00921. The van der Waals surface area contributed by atoms with Gasteiger partial charge in [0.2, 0.25) is 12.7 Å². The maximum atomic E-state index is 12.1. The van der Waals surface area contributed by atoms with Gasteiger partial charge in [-0.15, -0.1) is 0 Å². The van der Waals surface area contributed by atoms with Crippen molar-refractivity contribution in [1.82, 2.24) is 4.90 Å². The summed E-state index contributed by atoms with van der Waals surface area (Å²) >= 11 is 0. The van der Waals surface area contributed by atoms with Crippen LogP contribution in [0, 0.1) is 0 Å². The molecule has 0 saturated carbocycles. The lowest BCUT2D eigenvalue weighted by Gasteiger charge is -2.41. The molecule has 0 aromatic heterocycles. The Morgan fingerprint density at radius 3 is 2.96 bits per heavy atom. The van der Waals surface area contributed by atoms with Crippen molar-refractivity contribution in [3.8, 4) is 28.4 Å². The van der Waals surface area contributed by atoms with Crippen LogP contribution < -0.4 is 9.47 Å². The van der Waals surface area contributed by atoms with Gasteiger partial charge < -0.3 is 19.5 Å². The SMILES string of the molecule is CC(=O)N1CCc2cc3c(c4c2[C@H]1Cc1cc(O)ccc1-4)OCO3. The van der Waals surface area contributed by atoms with Gasteiger partial charge in [0.05, 0.1) is 6.04 Å². The van der Waals surface area contributed by atoms with Crippen molar-refractivity contribution in [3.63, 3.8) is 0 Å². The van der Waals surface area contributed by atoms with Gasteiger partial charge >= 0.3 is 0 Å². The first-order chi connectivity index (χ1) is 11.6. The summed E-state index contributed by atoms with van der Waals surface area (Å²) in [7, 11) is 0. The summed E-state index contributed by atoms with van der Waals surface area (Å²) in [5.74, 6) is 1.86. The Hall–Kier alpha value is -2.69. The number of amides is 1. The number of phenolic OH excluding ortho intramolecular Hbond substituents is 1. The van der Waals surface area contributed by atoms with Crippen molar-refractivity contribution in [2.45, 2.75) is 25.8 Å². The first-order valence-corrected chi connectivity index (χ1v) is 8.18. The number of nitrogens with zero attached hydrogens (tertiary/aromatic N) is 1. The molecular weight excluding hydrogens is 306 g/mol. The first-order valence-electron chi connectivity index (χ1n) is 8.18. The van der Waals surface area contributed by atoms with Crippen molar-refractivity contribution < 1.29 is 19.4 Å². The molecule has 0 radical (unpaired) electrons. The summed E-state index contributed by atoms with van der Waals surface area (Å²) in [6, 6.07) is 7.49. The molecule has 1 N–H and O–H groups in total. The lowest BCUT2D eigenvalue weighted by molar-refractivity contribution is -0.131. The van der Waals surface area contributed by atoms with Crippen LogP contribution in [0.1, 0.15) is 29.7 Å². The Bertz CT molecular complexity index is 889. The Morgan fingerprint density at radius 2 is 2.12 bits per heavy atom. The van der Waals surface area contributed by atoms with E-state index in [-0.39, 0.29) is 24.5 Å². The number of rotatable bonds is 0. The van der Waals surface area contributed by atoms with E-state index in [1.165, 1.54) is 11.1 Å². The highest BCUT2D eigenvalue weighted by atomic mass is 16.7. The zero-order chi connectivity index (χ0) is 16.4. The smallest absolute Gasteiger partial charge is 0.231 e. The van der Waals surface area contributed by atoms with Crippen molar-refractivity contribution in [1.29, 1.82) is 0 Å².